The average molecular weight is 202 g/mol. The van der Waals surface area contributed by atoms with Gasteiger partial charge in [-0.2, -0.15) is 0 Å². The molecule has 0 heterocycles. The Morgan fingerprint density at radius 1 is 0.786 bits per heavy atom. The summed E-state index contributed by atoms with van der Waals surface area (Å²) in [7, 11) is 0. The fourth-order valence-corrected chi connectivity index (χ4v) is 1.54. The lowest BCUT2D eigenvalue weighted by molar-refractivity contribution is 0.105. The van der Waals surface area contributed by atoms with Crippen LogP contribution in [0.15, 0.2) is 0 Å². The maximum absolute atomic E-state index is 9.58. The first-order chi connectivity index (χ1) is 6.70. The van der Waals surface area contributed by atoms with Crippen LogP contribution in [-0.2, 0) is 0 Å². The van der Waals surface area contributed by atoms with Crippen molar-refractivity contribution in [2.24, 2.45) is 0 Å². The monoisotopic (exact) mass is 202 g/mol. The van der Waals surface area contributed by atoms with Crippen molar-refractivity contribution in [3.05, 3.63) is 0 Å². The zero-order chi connectivity index (χ0) is 10.8. The first-order valence-corrected chi connectivity index (χ1v) is 6.06. The van der Waals surface area contributed by atoms with Crippen molar-refractivity contribution in [3.8, 4) is 0 Å². The SMILES string of the molecule is CCCCCCC(O)CCC(O)CC. The third-order valence-corrected chi connectivity index (χ3v) is 2.70. The minimum atomic E-state index is -0.222. The molecule has 0 radical (unpaired) electrons. The summed E-state index contributed by atoms with van der Waals surface area (Å²) in [5, 5.41) is 18.9. The van der Waals surface area contributed by atoms with Gasteiger partial charge in [-0.05, 0) is 25.7 Å². The van der Waals surface area contributed by atoms with Gasteiger partial charge in [0, 0.05) is 0 Å². The molecular formula is C12H26O2. The molecule has 2 N–H and O–H groups in total. The summed E-state index contributed by atoms with van der Waals surface area (Å²) in [6.45, 7) is 4.16. The van der Waals surface area contributed by atoms with Gasteiger partial charge in [-0.25, -0.2) is 0 Å². The number of hydrogen-bond donors (Lipinski definition) is 2. The summed E-state index contributed by atoms with van der Waals surface area (Å²) >= 11 is 0. The second-order valence-corrected chi connectivity index (χ2v) is 4.14. The Labute approximate surface area is 88.3 Å². The van der Waals surface area contributed by atoms with Crippen molar-refractivity contribution in [2.75, 3.05) is 0 Å². The van der Waals surface area contributed by atoms with Gasteiger partial charge in [0.1, 0.15) is 0 Å². The Hall–Kier alpha value is -0.0800. The predicted molar refractivity (Wildman–Crippen MR) is 60.3 cm³/mol. The van der Waals surface area contributed by atoms with Crippen LogP contribution in [0.1, 0.15) is 65.2 Å². The van der Waals surface area contributed by atoms with E-state index in [1.807, 2.05) is 6.92 Å². The van der Waals surface area contributed by atoms with E-state index < -0.39 is 0 Å². The molecule has 0 aliphatic carbocycles. The molecule has 86 valence electrons. The lowest BCUT2D eigenvalue weighted by atomic mass is 10.0. The second-order valence-electron chi connectivity index (χ2n) is 4.14. The Kier molecular flexibility index (Phi) is 9.42. The molecule has 0 saturated carbocycles. The van der Waals surface area contributed by atoms with E-state index in [0.717, 1.165) is 32.1 Å². The van der Waals surface area contributed by atoms with E-state index in [9.17, 15) is 10.2 Å². The van der Waals surface area contributed by atoms with Gasteiger partial charge in [0.05, 0.1) is 12.2 Å². The van der Waals surface area contributed by atoms with Crippen LogP contribution < -0.4 is 0 Å². The quantitative estimate of drug-likeness (QED) is 0.564. The highest BCUT2D eigenvalue weighted by atomic mass is 16.3. The third-order valence-electron chi connectivity index (χ3n) is 2.70. The highest BCUT2D eigenvalue weighted by molar-refractivity contribution is 4.60. The maximum atomic E-state index is 9.58. The van der Waals surface area contributed by atoms with Crippen molar-refractivity contribution in [1.82, 2.24) is 0 Å². The zero-order valence-corrected chi connectivity index (χ0v) is 9.71. The van der Waals surface area contributed by atoms with Crippen molar-refractivity contribution in [2.45, 2.75) is 77.4 Å². The predicted octanol–water partition coefficient (Wildman–Crippen LogP) is 2.87. The van der Waals surface area contributed by atoms with Crippen LogP contribution in [-0.4, -0.2) is 22.4 Å². The minimum absolute atomic E-state index is 0.201. The first-order valence-electron chi connectivity index (χ1n) is 6.06. The first kappa shape index (κ1) is 13.9. The Morgan fingerprint density at radius 3 is 2.00 bits per heavy atom. The average Bonchev–Trinajstić information content (AvgIpc) is 2.21. The summed E-state index contributed by atoms with van der Waals surface area (Å²) in [6.07, 6.45) is 7.62. The molecule has 0 aromatic rings. The fraction of sp³-hybridized carbons (Fsp3) is 1.00. The largest absolute Gasteiger partial charge is 0.393 e. The number of unbranched alkanes of at least 4 members (excludes halogenated alkanes) is 3. The fourth-order valence-electron chi connectivity index (χ4n) is 1.54. The summed E-state index contributed by atoms with van der Waals surface area (Å²) in [5.41, 5.74) is 0. The van der Waals surface area contributed by atoms with Gasteiger partial charge in [-0.15, -0.1) is 0 Å². The second kappa shape index (κ2) is 9.47. The molecule has 0 fully saturated rings. The van der Waals surface area contributed by atoms with Crippen LogP contribution in [0.25, 0.3) is 0 Å². The maximum Gasteiger partial charge on any atom is 0.0541 e. The lowest BCUT2D eigenvalue weighted by Gasteiger charge is -2.12. The number of rotatable bonds is 9. The van der Waals surface area contributed by atoms with Crippen molar-refractivity contribution < 1.29 is 10.2 Å². The normalized spacial score (nSPS) is 15.4. The zero-order valence-electron chi connectivity index (χ0n) is 9.71. The molecule has 0 spiro atoms. The summed E-state index contributed by atoms with van der Waals surface area (Å²) in [6, 6.07) is 0. The molecule has 0 rings (SSSR count). The lowest BCUT2D eigenvalue weighted by Crippen LogP contribution is -2.12. The van der Waals surface area contributed by atoms with E-state index in [0.29, 0.717) is 0 Å². The van der Waals surface area contributed by atoms with Gasteiger partial charge in [0.25, 0.3) is 0 Å². The highest BCUT2D eigenvalue weighted by Gasteiger charge is 2.07. The van der Waals surface area contributed by atoms with Gasteiger partial charge < -0.3 is 10.2 Å². The minimum Gasteiger partial charge on any atom is -0.393 e. The summed E-state index contributed by atoms with van der Waals surface area (Å²) in [4.78, 5) is 0. The molecule has 0 aliphatic rings. The van der Waals surface area contributed by atoms with Crippen molar-refractivity contribution in [1.29, 1.82) is 0 Å². The molecule has 14 heavy (non-hydrogen) atoms. The van der Waals surface area contributed by atoms with Crippen LogP contribution >= 0.6 is 0 Å². The molecular weight excluding hydrogens is 176 g/mol. The highest BCUT2D eigenvalue weighted by Crippen LogP contribution is 2.11. The van der Waals surface area contributed by atoms with Gasteiger partial charge >= 0.3 is 0 Å². The van der Waals surface area contributed by atoms with Crippen LogP contribution in [0.3, 0.4) is 0 Å². The molecule has 0 aliphatic heterocycles. The molecule has 0 bridgehead atoms. The van der Waals surface area contributed by atoms with E-state index in [1.54, 1.807) is 0 Å². The summed E-state index contributed by atoms with van der Waals surface area (Å²) < 4.78 is 0. The Morgan fingerprint density at radius 2 is 1.43 bits per heavy atom. The van der Waals surface area contributed by atoms with E-state index in [4.69, 9.17) is 0 Å². The number of aliphatic hydroxyl groups excluding tert-OH is 2. The van der Waals surface area contributed by atoms with Crippen molar-refractivity contribution >= 4 is 0 Å². The molecule has 0 amide bonds. The number of aliphatic hydroxyl groups is 2. The molecule has 0 aromatic carbocycles. The molecule has 0 saturated heterocycles. The van der Waals surface area contributed by atoms with E-state index >= 15 is 0 Å². The van der Waals surface area contributed by atoms with Gasteiger partial charge in [0.15, 0.2) is 0 Å². The van der Waals surface area contributed by atoms with Crippen LogP contribution in [0.4, 0.5) is 0 Å². The van der Waals surface area contributed by atoms with E-state index in [2.05, 4.69) is 6.92 Å². The topological polar surface area (TPSA) is 40.5 Å². The number of hydrogen-bond acceptors (Lipinski definition) is 2. The standard InChI is InChI=1S/C12H26O2/c1-3-5-6-7-8-12(14)10-9-11(13)4-2/h11-14H,3-10H2,1-2H3. The van der Waals surface area contributed by atoms with E-state index in [1.165, 1.54) is 19.3 Å². The third kappa shape index (κ3) is 8.52. The Bertz CT molecular complexity index is 115. The van der Waals surface area contributed by atoms with Gasteiger partial charge in [0.2, 0.25) is 0 Å². The van der Waals surface area contributed by atoms with Crippen molar-refractivity contribution in [3.63, 3.8) is 0 Å². The summed E-state index contributed by atoms with van der Waals surface area (Å²) in [5.74, 6) is 0. The van der Waals surface area contributed by atoms with Crippen LogP contribution in [0.2, 0.25) is 0 Å². The van der Waals surface area contributed by atoms with Gasteiger partial charge in [-0.3, -0.25) is 0 Å². The molecule has 0 aromatic heterocycles. The van der Waals surface area contributed by atoms with Crippen LogP contribution in [0, 0.1) is 0 Å². The molecule has 2 nitrogen and oxygen atoms in total. The van der Waals surface area contributed by atoms with E-state index in [-0.39, 0.29) is 12.2 Å². The molecule has 2 atom stereocenters. The van der Waals surface area contributed by atoms with Gasteiger partial charge in [-0.1, -0.05) is 39.5 Å². The van der Waals surface area contributed by atoms with Crippen LogP contribution in [0.5, 0.6) is 0 Å². The Balaban J connectivity index is 3.23. The molecule has 2 unspecified atom stereocenters. The smallest absolute Gasteiger partial charge is 0.0541 e. The molecule has 2 heteroatoms.